The second kappa shape index (κ2) is 5.76. The number of hydrogen-bond acceptors (Lipinski definition) is 3. The van der Waals surface area contributed by atoms with Gasteiger partial charge in [0, 0.05) is 51.9 Å². The zero-order valence-corrected chi connectivity index (χ0v) is 12.9. The van der Waals surface area contributed by atoms with Crippen molar-refractivity contribution in [3.8, 4) is 0 Å². The first-order chi connectivity index (χ1) is 10.3. The van der Waals surface area contributed by atoms with Gasteiger partial charge < -0.3 is 14.5 Å². The molecule has 0 bridgehead atoms. The number of carbonyl (C=O) groups excluding carboxylic acids is 1. The summed E-state index contributed by atoms with van der Waals surface area (Å²) in [7, 11) is 0. The van der Waals surface area contributed by atoms with Crippen LogP contribution in [0, 0.1) is 5.92 Å². The van der Waals surface area contributed by atoms with Crippen molar-refractivity contribution < 1.29 is 9.53 Å². The lowest BCUT2D eigenvalue weighted by atomic mass is 10.1. The van der Waals surface area contributed by atoms with Gasteiger partial charge in [-0.05, 0) is 38.0 Å². The van der Waals surface area contributed by atoms with Crippen LogP contribution in [-0.2, 0) is 4.74 Å². The highest BCUT2D eigenvalue weighted by Gasteiger charge is 2.39. The minimum Gasteiger partial charge on any atom is -0.377 e. The summed E-state index contributed by atoms with van der Waals surface area (Å²) < 4.78 is 6.06. The molecule has 5 nitrogen and oxygen atoms in total. The van der Waals surface area contributed by atoms with Gasteiger partial charge in [-0.1, -0.05) is 0 Å². The van der Waals surface area contributed by atoms with E-state index in [1.165, 1.54) is 25.7 Å². The first-order valence-electron chi connectivity index (χ1n) is 8.69. The van der Waals surface area contributed by atoms with Crippen LogP contribution in [0.25, 0.3) is 0 Å². The number of urea groups is 1. The molecule has 5 heteroatoms. The van der Waals surface area contributed by atoms with Gasteiger partial charge >= 0.3 is 6.03 Å². The molecule has 4 fully saturated rings. The third-order valence-corrected chi connectivity index (χ3v) is 5.49. The lowest BCUT2D eigenvalue weighted by molar-refractivity contribution is 0.0512. The molecule has 2 amide bonds. The molecule has 0 N–H and O–H groups in total. The van der Waals surface area contributed by atoms with E-state index in [0.29, 0.717) is 12.1 Å². The molecule has 2 atom stereocenters. The number of piperazine rings is 1. The van der Waals surface area contributed by atoms with E-state index in [4.69, 9.17) is 4.74 Å². The zero-order chi connectivity index (χ0) is 14.2. The molecule has 4 aliphatic rings. The Balaban J connectivity index is 1.29. The standard InChI is InChI=1S/C16H27N3O2/c20-16(17-5-1-2-6-17)19-8-7-18-11-15(9-14(18)10-19)21-12-13-3-4-13/h13-15H,1-12H2/t14-,15+/m0/s1. The maximum atomic E-state index is 12.5. The average Bonchev–Trinajstić information content (AvgIpc) is 3.02. The summed E-state index contributed by atoms with van der Waals surface area (Å²) in [5, 5.41) is 0. The first kappa shape index (κ1) is 13.8. The lowest BCUT2D eigenvalue weighted by Gasteiger charge is -2.38. The third-order valence-electron chi connectivity index (χ3n) is 5.49. The van der Waals surface area contributed by atoms with E-state index in [9.17, 15) is 4.79 Å². The molecule has 0 aromatic heterocycles. The fourth-order valence-electron chi connectivity index (χ4n) is 3.96. The van der Waals surface area contributed by atoms with Crippen molar-refractivity contribution in [2.45, 2.75) is 44.2 Å². The van der Waals surface area contributed by atoms with Crippen molar-refractivity contribution in [1.29, 1.82) is 0 Å². The Morgan fingerprint density at radius 1 is 1.00 bits per heavy atom. The molecule has 3 aliphatic heterocycles. The molecule has 3 saturated heterocycles. The summed E-state index contributed by atoms with van der Waals surface area (Å²) in [4.78, 5) is 19.1. The van der Waals surface area contributed by atoms with Gasteiger partial charge in [0.2, 0.25) is 0 Å². The molecule has 0 radical (unpaired) electrons. The largest absolute Gasteiger partial charge is 0.377 e. The van der Waals surface area contributed by atoms with Crippen LogP contribution in [0.1, 0.15) is 32.1 Å². The van der Waals surface area contributed by atoms with Crippen molar-refractivity contribution in [2.24, 2.45) is 5.92 Å². The second-order valence-electron chi connectivity index (χ2n) is 7.21. The number of hydrogen-bond donors (Lipinski definition) is 0. The van der Waals surface area contributed by atoms with Crippen molar-refractivity contribution in [3.63, 3.8) is 0 Å². The van der Waals surface area contributed by atoms with Crippen LogP contribution in [0.15, 0.2) is 0 Å². The first-order valence-corrected chi connectivity index (χ1v) is 8.69. The highest BCUT2D eigenvalue weighted by molar-refractivity contribution is 5.75. The summed E-state index contributed by atoms with van der Waals surface area (Å²) in [6.45, 7) is 6.76. The van der Waals surface area contributed by atoms with E-state index in [1.807, 2.05) is 4.90 Å². The zero-order valence-electron chi connectivity index (χ0n) is 12.9. The smallest absolute Gasteiger partial charge is 0.320 e. The molecule has 3 heterocycles. The highest BCUT2D eigenvalue weighted by atomic mass is 16.5. The lowest BCUT2D eigenvalue weighted by Crippen LogP contribution is -2.54. The molecule has 0 aromatic rings. The minimum atomic E-state index is 0.273. The predicted octanol–water partition coefficient (Wildman–Crippen LogP) is 1.39. The number of rotatable bonds is 3. The average molecular weight is 293 g/mol. The van der Waals surface area contributed by atoms with Gasteiger partial charge in [-0.15, -0.1) is 0 Å². The molecule has 21 heavy (non-hydrogen) atoms. The van der Waals surface area contributed by atoms with Crippen LogP contribution >= 0.6 is 0 Å². The minimum absolute atomic E-state index is 0.273. The Labute approximate surface area is 127 Å². The van der Waals surface area contributed by atoms with Gasteiger partial charge in [0.15, 0.2) is 0 Å². The second-order valence-corrected chi connectivity index (χ2v) is 7.21. The van der Waals surface area contributed by atoms with Gasteiger partial charge in [0.25, 0.3) is 0 Å². The molecular weight excluding hydrogens is 266 g/mol. The molecule has 0 aromatic carbocycles. The molecular formula is C16H27N3O2. The van der Waals surface area contributed by atoms with Crippen LogP contribution in [-0.4, -0.2) is 78.8 Å². The van der Waals surface area contributed by atoms with E-state index in [0.717, 1.165) is 58.2 Å². The quantitative estimate of drug-likeness (QED) is 0.789. The Morgan fingerprint density at radius 2 is 1.81 bits per heavy atom. The normalized spacial score (nSPS) is 33.5. The van der Waals surface area contributed by atoms with Crippen LogP contribution < -0.4 is 0 Å². The Hall–Kier alpha value is -0.810. The van der Waals surface area contributed by atoms with E-state index >= 15 is 0 Å². The van der Waals surface area contributed by atoms with Crippen LogP contribution in [0.5, 0.6) is 0 Å². The molecule has 0 spiro atoms. The van der Waals surface area contributed by atoms with E-state index in [1.54, 1.807) is 0 Å². The molecule has 118 valence electrons. The van der Waals surface area contributed by atoms with E-state index in [2.05, 4.69) is 9.80 Å². The Bertz CT molecular complexity index is 393. The van der Waals surface area contributed by atoms with Crippen molar-refractivity contribution in [1.82, 2.24) is 14.7 Å². The van der Waals surface area contributed by atoms with Gasteiger partial charge in [0.1, 0.15) is 0 Å². The topological polar surface area (TPSA) is 36.0 Å². The predicted molar refractivity (Wildman–Crippen MR) is 80.2 cm³/mol. The van der Waals surface area contributed by atoms with Gasteiger partial charge in [-0.3, -0.25) is 4.90 Å². The summed E-state index contributed by atoms with van der Waals surface area (Å²) in [5.74, 6) is 0.843. The monoisotopic (exact) mass is 293 g/mol. The number of fused-ring (bicyclic) bond motifs is 1. The molecule has 4 rings (SSSR count). The SMILES string of the molecule is O=C(N1CCCC1)N1CCN2C[C@H](OCC3CC3)C[C@H]2C1. The van der Waals surface area contributed by atoms with E-state index < -0.39 is 0 Å². The maximum Gasteiger partial charge on any atom is 0.320 e. The Kier molecular flexibility index (Phi) is 3.79. The summed E-state index contributed by atoms with van der Waals surface area (Å²) in [6, 6.07) is 0.795. The van der Waals surface area contributed by atoms with Gasteiger partial charge in [-0.25, -0.2) is 4.79 Å². The third kappa shape index (κ3) is 3.04. The number of carbonyl (C=O) groups is 1. The maximum absolute atomic E-state index is 12.5. The number of likely N-dealkylation sites (tertiary alicyclic amines) is 1. The summed E-state index contributed by atoms with van der Waals surface area (Å²) in [5.41, 5.74) is 0. The fraction of sp³-hybridized carbons (Fsp3) is 0.938. The van der Waals surface area contributed by atoms with Gasteiger partial charge in [-0.2, -0.15) is 0 Å². The number of ether oxygens (including phenoxy) is 1. The van der Waals surface area contributed by atoms with Crippen molar-refractivity contribution in [3.05, 3.63) is 0 Å². The van der Waals surface area contributed by atoms with Gasteiger partial charge in [0.05, 0.1) is 6.10 Å². The highest BCUT2D eigenvalue weighted by Crippen LogP contribution is 2.31. The van der Waals surface area contributed by atoms with E-state index in [-0.39, 0.29) is 6.03 Å². The number of amides is 2. The Morgan fingerprint density at radius 3 is 2.57 bits per heavy atom. The summed E-state index contributed by atoms with van der Waals surface area (Å²) in [6.07, 6.45) is 6.57. The molecule has 1 aliphatic carbocycles. The van der Waals surface area contributed by atoms with Crippen molar-refractivity contribution >= 4 is 6.03 Å². The fourth-order valence-corrected chi connectivity index (χ4v) is 3.96. The van der Waals surface area contributed by atoms with Crippen LogP contribution in [0.4, 0.5) is 4.79 Å². The number of nitrogens with zero attached hydrogens (tertiary/aromatic N) is 3. The van der Waals surface area contributed by atoms with Crippen LogP contribution in [0.3, 0.4) is 0 Å². The van der Waals surface area contributed by atoms with Crippen LogP contribution in [0.2, 0.25) is 0 Å². The molecule has 0 unspecified atom stereocenters. The molecule has 1 saturated carbocycles. The van der Waals surface area contributed by atoms with Crippen molar-refractivity contribution in [2.75, 3.05) is 45.9 Å². The summed E-state index contributed by atoms with van der Waals surface area (Å²) >= 11 is 0.